The monoisotopic (exact) mass is 344 g/mol. The van der Waals surface area contributed by atoms with Crippen molar-refractivity contribution in [3.05, 3.63) is 35.9 Å². The SMILES string of the molecule is CCN(CCOCC(F)(F)F)C1CCN(C(C)c2ccccc2)C1. The van der Waals surface area contributed by atoms with E-state index in [4.69, 9.17) is 4.74 Å². The van der Waals surface area contributed by atoms with Gasteiger partial charge < -0.3 is 4.74 Å². The third kappa shape index (κ3) is 5.76. The largest absolute Gasteiger partial charge is 0.411 e. The third-order valence-corrected chi connectivity index (χ3v) is 4.74. The van der Waals surface area contributed by atoms with Crippen LogP contribution in [-0.2, 0) is 4.74 Å². The molecule has 2 unspecified atom stereocenters. The Morgan fingerprint density at radius 1 is 1.29 bits per heavy atom. The number of benzene rings is 1. The van der Waals surface area contributed by atoms with Gasteiger partial charge in [0.05, 0.1) is 6.61 Å². The summed E-state index contributed by atoms with van der Waals surface area (Å²) in [7, 11) is 0. The average molecular weight is 344 g/mol. The smallest absolute Gasteiger partial charge is 0.371 e. The van der Waals surface area contributed by atoms with Gasteiger partial charge >= 0.3 is 6.18 Å². The maximum Gasteiger partial charge on any atom is 0.411 e. The normalized spacial score (nSPS) is 20.7. The summed E-state index contributed by atoms with van der Waals surface area (Å²) in [5.74, 6) is 0. The molecule has 1 aliphatic rings. The zero-order chi connectivity index (χ0) is 17.6. The van der Waals surface area contributed by atoms with Crippen LogP contribution >= 0.6 is 0 Å². The van der Waals surface area contributed by atoms with Gasteiger partial charge in [-0.15, -0.1) is 0 Å². The first-order valence-electron chi connectivity index (χ1n) is 8.58. The van der Waals surface area contributed by atoms with Gasteiger partial charge in [-0.05, 0) is 25.5 Å². The minimum Gasteiger partial charge on any atom is -0.371 e. The van der Waals surface area contributed by atoms with Gasteiger partial charge in [0.15, 0.2) is 0 Å². The van der Waals surface area contributed by atoms with E-state index in [2.05, 4.69) is 41.0 Å². The van der Waals surface area contributed by atoms with Gasteiger partial charge in [0.25, 0.3) is 0 Å². The molecular formula is C18H27F3N2O. The van der Waals surface area contributed by atoms with Crippen LogP contribution in [0.3, 0.4) is 0 Å². The molecule has 24 heavy (non-hydrogen) atoms. The molecule has 1 aromatic rings. The van der Waals surface area contributed by atoms with Crippen LogP contribution in [0.25, 0.3) is 0 Å². The lowest BCUT2D eigenvalue weighted by molar-refractivity contribution is -0.174. The van der Waals surface area contributed by atoms with E-state index in [1.807, 2.05) is 13.0 Å². The molecule has 0 spiro atoms. The summed E-state index contributed by atoms with van der Waals surface area (Å²) in [6, 6.07) is 11.1. The molecule has 2 atom stereocenters. The Morgan fingerprint density at radius 3 is 2.62 bits per heavy atom. The van der Waals surface area contributed by atoms with Gasteiger partial charge in [-0.1, -0.05) is 37.3 Å². The second kappa shape index (κ2) is 8.83. The third-order valence-electron chi connectivity index (χ3n) is 4.74. The molecule has 136 valence electrons. The van der Waals surface area contributed by atoms with Crippen molar-refractivity contribution in [1.82, 2.24) is 9.80 Å². The molecule has 1 aromatic carbocycles. The topological polar surface area (TPSA) is 15.7 Å². The van der Waals surface area contributed by atoms with E-state index in [0.29, 0.717) is 18.6 Å². The van der Waals surface area contributed by atoms with E-state index >= 15 is 0 Å². The summed E-state index contributed by atoms with van der Waals surface area (Å²) in [6.45, 7) is 6.56. The fraction of sp³-hybridized carbons (Fsp3) is 0.667. The Hall–Kier alpha value is -1.11. The van der Waals surface area contributed by atoms with Crippen LogP contribution in [0.4, 0.5) is 13.2 Å². The Kier molecular flexibility index (Phi) is 7.07. The summed E-state index contributed by atoms with van der Waals surface area (Å²) in [5, 5.41) is 0. The Labute approximate surface area is 142 Å². The molecule has 1 aliphatic heterocycles. The van der Waals surface area contributed by atoms with Crippen molar-refractivity contribution in [2.45, 2.75) is 38.5 Å². The molecule has 0 N–H and O–H groups in total. The number of hydrogen-bond donors (Lipinski definition) is 0. The lowest BCUT2D eigenvalue weighted by atomic mass is 10.1. The summed E-state index contributed by atoms with van der Waals surface area (Å²) in [5.41, 5.74) is 1.30. The molecule has 1 saturated heterocycles. The van der Waals surface area contributed by atoms with Crippen molar-refractivity contribution in [3.8, 4) is 0 Å². The van der Waals surface area contributed by atoms with Crippen LogP contribution in [0.5, 0.6) is 0 Å². The van der Waals surface area contributed by atoms with Crippen molar-refractivity contribution in [2.75, 3.05) is 39.4 Å². The number of hydrogen-bond acceptors (Lipinski definition) is 3. The molecule has 0 saturated carbocycles. The maximum atomic E-state index is 12.1. The summed E-state index contributed by atoms with van der Waals surface area (Å²) in [6.07, 6.45) is -3.20. The molecular weight excluding hydrogens is 317 g/mol. The van der Waals surface area contributed by atoms with Gasteiger partial charge in [-0.25, -0.2) is 0 Å². The van der Waals surface area contributed by atoms with Gasteiger partial charge in [0, 0.05) is 31.7 Å². The van der Waals surface area contributed by atoms with Gasteiger partial charge in [-0.3, -0.25) is 9.80 Å². The van der Waals surface area contributed by atoms with Crippen molar-refractivity contribution < 1.29 is 17.9 Å². The maximum absolute atomic E-state index is 12.1. The molecule has 0 aliphatic carbocycles. The number of rotatable bonds is 8. The number of nitrogens with zero attached hydrogens (tertiary/aromatic N) is 2. The zero-order valence-electron chi connectivity index (χ0n) is 14.4. The zero-order valence-corrected chi connectivity index (χ0v) is 14.4. The predicted octanol–water partition coefficient (Wildman–Crippen LogP) is 3.72. The van der Waals surface area contributed by atoms with E-state index < -0.39 is 12.8 Å². The highest BCUT2D eigenvalue weighted by Crippen LogP contribution is 2.26. The molecule has 0 aromatic heterocycles. The van der Waals surface area contributed by atoms with Crippen LogP contribution < -0.4 is 0 Å². The molecule has 6 heteroatoms. The second-order valence-corrected chi connectivity index (χ2v) is 6.32. The molecule has 1 heterocycles. The number of ether oxygens (including phenoxy) is 1. The summed E-state index contributed by atoms with van der Waals surface area (Å²) < 4.78 is 41.1. The first kappa shape index (κ1) is 19.2. The molecule has 0 bridgehead atoms. The van der Waals surface area contributed by atoms with Crippen molar-refractivity contribution >= 4 is 0 Å². The minimum atomic E-state index is -4.24. The second-order valence-electron chi connectivity index (χ2n) is 6.32. The van der Waals surface area contributed by atoms with Crippen molar-refractivity contribution in [1.29, 1.82) is 0 Å². The highest BCUT2D eigenvalue weighted by Gasteiger charge is 2.30. The first-order valence-corrected chi connectivity index (χ1v) is 8.58. The highest BCUT2D eigenvalue weighted by atomic mass is 19.4. The first-order chi connectivity index (χ1) is 11.4. The lowest BCUT2D eigenvalue weighted by Crippen LogP contribution is -2.40. The van der Waals surface area contributed by atoms with Crippen molar-refractivity contribution in [2.24, 2.45) is 0 Å². The molecule has 0 amide bonds. The van der Waals surface area contributed by atoms with Crippen LogP contribution in [0.15, 0.2) is 30.3 Å². The van der Waals surface area contributed by atoms with E-state index in [-0.39, 0.29) is 6.61 Å². The van der Waals surface area contributed by atoms with Crippen LogP contribution in [-0.4, -0.2) is 61.4 Å². The van der Waals surface area contributed by atoms with E-state index in [9.17, 15) is 13.2 Å². The standard InChI is InChI=1S/C18H27F3N2O/c1-3-22(11-12-24-14-18(19,20)21)17-9-10-23(13-17)15(2)16-7-5-4-6-8-16/h4-8,15,17H,3,9-14H2,1-2H3. The van der Waals surface area contributed by atoms with Gasteiger partial charge in [0.2, 0.25) is 0 Å². The number of alkyl halides is 3. The number of halogens is 3. The summed E-state index contributed by atoms with van der Waals surface area (Å²) >= 11 is 0. The Balaban J connectivity index is 1.80. The molecule has 0 radical (unpaired) electrons. The Bertz CT molecular complexity index is 481. The lowest BCUT2D eigenvalue weighted by Gasteiger charge is -2.29. The molecule has 2 rings (SSSR count). The van der Waals surface area contributed by atoms with Crippen LogP contribution in [0, 0.1) is 0 Å². The highest BCUT2D eigenvalue weighted by molar-refractivity contribution is 5.18. The van der Waals surface area contributed by atoms with Crippen molar-refractivity contribution in [3.63, 3.8) is 0 Å². The predicted molar refractivity (Wildman–Crippen MR) is 89.0 cm³/mol. The average Bonchev–Trinajstić information content (AvgIpc) is 3.04. The van der Waals surface area contributed by atoms with E-state index in [0.717, 1.165) is 26.1 Å². The van der Waals surface area contributed by atoms with E-state index in [1.165, 1.54) is 5.56 Å². The van der Waals surface area contributed by atoms with Crippen LogP contribution in [0.2, 0.25) is 0 Å². The number of likely N-dealkylation sites (N-methyl/N-ethyl adjacent to an activating group) is 1. The fourth-order valence-electron chi connectivity index (χ4n) is 3.33. The Morgan fingerprint density at radius 2 is 2.00 bits per heavy atom. The van der Waals surface area contributed by atoms with Gasteiger partial charge in [-0.2, -0.15) is 13.2 Å². The summed E-state index contributed by atoms with van der Waals surface area (Å²) in [4.78, 5) is 4.67. The number of likely N-dealkylation sites (tertiary alicyclic amines) is 1. The quantitative estimate of drug-likeness (QED) is 0.669. The van der Waals surface area contributed by atoms with Gasteiger partial charge in [0.1, 0.15) is 6.61 Å². The van der Waals surface area contributed by atoms with E-state index in [1.54, 1.807) is 0 Å². The fourth-order valence-corrected chi connectivity index (χ4v) is 3.33. The molecule has 1 fully saturated rings. The molecule has 3 nitrogen and oxygen atoms in total. The van der Waals surface area contributed by atoms with Crippen LogP contribution in [0.1, 0.15) is 31.9 Å². The minimum absolute atomic E-state index is 0.123.